The van der Waals surface area contributed by atoms with Crippen LogP contribution in [0, 0.1) is 0 Å². The van der Waals surface area contributed by atoms with Gasteiger partial charge in [-0.05, 0) is 55.4 Å². The third kappa shape index (κ3) is 3.41. The molecule has 0 radical (unpaired) electrons. The van der Waals surface area contributed by atoms with Gasteiger partial charge in [0.05, 0.1) is 12.3 Å². The Balaban J connectivity index is 1.48. The molecule has 39 heavy (non-hydrogen) atoms. The van der Waals surface area contributed by atoms with Gasteiger partial charge in [0.25, 0.3) is 0 Å². The van der Waals surface area contributed by atoms with E-state index in [-0.39, 0.29) is 52.9 Å². The highest BCUT2D eigenvalue weighted by Crippen LogP contribution is 2.44. The molecule has 0 atom stereocenters. The van der Waals surface area contributed by atoms with E-state index in [1.165, 1.54) is 0 Å². The van der Waals surface area contributed by atoms with Crippen molar-refractivity contribution in [2.45, 2.75) is 0 Å². The largest absolute Gasteiger partial charge is 0.455 e. The minimum Gasteiger partial charge on any atom is -0.455 e. The van der Waals surface area contributed by atoms with E-state index in [0.29, 0.717) is 49.4 Å². The molecule has 0 N–H and O–H groups in total. The van der Waals surface area contributed by atoms with Crippen LogP contribution in [0.4, 0.5) is 0 Å². The highest BCUT2D eigenvalue weighted by molar-refractivity contribution is 6.21. The van der Waals surface area contributed by atoms with Crippen LogP contribution in [0.1, 0.15) is 12.3 Å². The predicted octanol–water partition coefficient (Wildman–Crippen LogP) is 10.9. The zero-order valence-corrected chi connectivity index (χ0v) is 20.6. The fourth-order valence-electron chi connectivity index (χ4n) is 5.56. The first-order valence-corrected chi connectivity index (χ1v) is 12.6. The lowest BCUT2D eigenvalue weighted by molar-refractivity contribution is 0.670. The van der Waals surface area contributed by atoms with E-state index in [9.17, 15) is 5.48 Å². The Labute approximate surface area is 239 Å². The van der Waals surface area contributed by atoms with Gasteiger partial charge in [-0.2, -0.15) is 0 Å². The van der Waals surface area contributed by atoms with Crippen molar-refractivity contribution in [3.8, 4) is 33.4 Å². The van der Waals surface area contributed by atoms with Gasteiger partial charge < -0.3 is 4.42 Å². The minimum atomic E-state index is -0.485. The van der Waals surface area contributed by atoms with Crippen LogP contribution >= 0.6 is 0 Å². The van der Waals surface area contributed by atoms with Crippen molar-refractivity contribution in [1.82, 2.24) is 0 Å². The summed E-state index contributed by atoms with van der Waals surface area (Å²) in [6, 6.07) is 24.4. The van der Waals surface area contributed by atoms with Crippen molar-refractivity contribution in [1.29, 1.82) is 0 Å². The summed E-state index contributed by atoms with van der Waals surface area (Å²) in [5.74, 6) is 0. The van der Waals surface area contributed by atoms with Gasteiger partial charge in [0.15, 0.2) is 0 Å². The molecule has 182 valence electrons. The SMILES string of the molecule is [2H]c1c([2H])c([2H])c(-c2c3ccccc3c(-c3c([2H])c([2H])c(-c4cccc5c4oc4ccccc45)c([2H])c3[2H])c3ccccc23)c([2H])c1[2H]. The normalized spacial score (nSPS) is 14.8. The van der Waals surface area contributed by atoms with Crippen molar-refractivity contribution in [2.75, 3.05) is 0 Å². The number of rotatable bonds is 3. The first-order valence-electron chi connectivity index (χ1n) is 17.1. The fourth-order valence-corrected chi connectivity index (χ4v) is 5.56. The van der Waals surface area contributed by atoms with Crippen LogP contribution in [-0.4, -0.2) is 0 Å². The van der Waals surface area contributed by atoms with E-state index in [0.717, 1.165) is 10.8 Å². The monoisotopic (exact) mass is 505 g/mol. The molecular weight excluding hydrogens is 472 g/mol. The topological polar surface area (TPSA) is 13.1 Å². The maximum absolute atomic E-state index is 9.34. The first-order chi connectivity index (χ1) is 23.1. The smallest absolute Gasteiger partial charge is 0.143 e. The van der Waals surface area contributed by atoms with Gasteiger partial charge in [0.1, 0.15) is 11.2 Å². The molecule has 7 aromatic carbocycles. The number of benzene rings is 7. The van der Waals surface area contributed by atoms with Crippen molar-refractivity contribution in [2.24, 2.45) is 0 Å². The van der Waals surface area contributed by atoms with E-state index in [1.807, 2.05) is 36.4 Å². The molecule has 0 fully saturated rings. The second-order valence-corrected chi connectivity index (χ2v) is 9.37. The molecule has 0 spiro atoms. The van der Waals surface area contributed by atoms with Crippen molar-refractivity contribution < 1.29 is 16.8 Å². The standard InChI is InChI=1S/C38H24O/c1-2-11-26(12-3-1)36-30-14-4-6-16-32(30)37(33-17-7-5-15-31(33)36)27-23-21-25(22-24-27)28-18-10-19-34-29-13-8-9-20-35(29)39-38(28)34/h1-24H/i1D,2D,3D,11D,12D,21D,22D,23D,24D. The Hall–Kier alpha value is -5.14. The summed E-state index contributed by atoms with van der Waals surface area (Å²) in [6.45, 7) is 0. The summed E-state index contributed by atoms with van der Waals surface area (Å²) >= 11 is 0. The lowest BCUT2D eigenvalue weighted by atomic mass is 9.86. The summed E-state index contributed by atoms with van der Waals surface area (Å²) in [5, 5.41) is 3.93. The Bertz CT molecular complexity index is 2560. The summed E-state index contributed by atoms with van der Waals surface area (Å²) in [4.78, 5) is 0. The van der Waals surface area contributed by atoms with E-state index >= 15 is 0 Å². The molecule has 0 saturated carbocycles. The molecule has 0 aliphatic carbocycles. The third-order valence-corrected chi connectivity index (χ3v) is 7.23. The number of hydrogen-bond acceptors (Lipinski definition) is 1. The molecule has 0 unspecified atom stereocenters. The summed E-state index contributed by atoms with van der Waals surface area (Å²) in [5.41, 5.74) is 2.77. The third-order valence-electron chi connectivity index (χ3n) is 7.23. The van der Waals surface area contributed by atoms with Crippen LogP contribution in [-0.2, 0) is 0 Å². The first kappa shape index (κ1) is 14.7. The van der Waals surface area contributed by atoms with Gasteiger partial charge in [0.2, 0.25) is 0 Å². The molecule has 1 heterocycles. The van der Waals surface area contributed by atoms with E-state index < -0.39 is 18.1 Å². The molecule has 1 nitrogen and oxygen atoms in total. The zero-order valence-electron chi connectivity index (χ0n) is 29.6. The average Bonchev–Trinajstić information content (AvgIpc) is 3.49. The molecule has 0 aliphatic rings. The van der Waals surface area contributed by atoms with Gasteiger partial charge >= 0.3 is 0 Å². The molecule has 0 saturated heterocycles. The highest BCUT2D eigenvalue weighted by atomic mass is 16.3. The molecule has 0 amide bonds. The molecule has 1 aromatic heterocycles. The molecule has 0 aliphatic heterocycles. The van der Waals surface area contributed by atoms with Crippen molar-refractivity contribution >= 4 is 43.5 Å². The Morgan fingerprint density at radius 2 is 0.897 bits per heavy atom. The lowest BCUT2D eigenvalue weighted by Crippen LogP contribution is -1.90. The maximum atomic E-state index is 9.34. The number of hydrogen-bond donors (Lipinski definition) is 0. The maximum Gasteiger partial charge on any atom is 0.143 e. The highest BCUT2D eigenvalue weighted by Gasteiger charge is 2.17. The fraction of sp³-hybridized carbons (Fsp3) is 0. The summed E-state index contributed by atoms with van der Waals surface area (Å²) in [7, 11) is 0. The molecular formula is C38H24O. The van der Waals surface area contributed by atoms with E-state index in [4.69, 9.17) is 11.3 Å². The zero-order chi connectivity index (χ0) is 33.6. The molecule has 1 heteroatoms. The number of furan rings is 1. The van der Waals surface area contributed by atoms with Gasteiger partial charge in [-0.3, -0.25) is 0 Å². The minimum absolute atomic E-state index is 0.0498. The second kappa shape index (κ2) is 8.72. The second-order valence-electron chi connectivity index (χ2n) is 9.37. The van der Waals surface area contributed by atoms with Gasteiger partial charge in [-0.15, -0.1) is 0 Å². The predicted molar refractivity (Wildman–Crippen MR) is 165 cm³/mol. The van der Waals surface area contributed by atoms with E-state index in [2.05, 4.69) is 0 Å². The van der Waals surface area contributed by atoms with Crippen LogP contribution in [0.5, 0.6) is 0 Å². The van der Waals surface area contributed by atoms with Crippen LogP contribution in [0.2, 0.25) is 0 Å². The van der Waals surface area contributed by atoms with Crippen LogP contribution in [0.25, 0.3) is 76.9 Å². The summed E-state index contributed by atoms with van der Waals surface area (Å²) in [6.07, 6.45) is 0. The Morgan fingerprint density at radius 3 is 1.51 bits per heavy atom. The average molecular weight is 506 g/mol. The quantitative estimate of drug-likeness (QED) is 0.218. The van der Waals surface area contributed by atoms with Crippen LogP contribution in [0.3, 0.4) is 0 Å². The number of fused-ring (bicyclic) bond motifs is 5. The summed E-state index contributed by atoms with van der Waals surface area (Å²) < 4.78 is 85.7. The molecule has 8 rings (SSSR count). The number of para-hydroxylation sites is 2. The Morgan fingerprint density at radius 1 is 0.410 bits per heavy atom. The van der Waals surface area contributed by atoms with E-state index in [1.54, 1.807) is 54.6 Å². The lowest BCUT2D eigenvalue weighted by Gasteiger charge is -2.18. The van der Waals surface area contributed by atoms with Gasteiger partial charge in [0, 0.05) is 16.3 Å². The van der Waals surface area contributed by atoms with Crippen molar-refractivity contribution in [3.05, 3.63) is 145 Å². The molecule has 8 aromatic rings. The van der Waals surface area contributed by atoms with Gasteiger partial charge in [-0.25, -0.2) is 0 Å². The Kier molecular flexibility index (Phi) is 3.29. The van der Waals surface area contributed by atoms with Crippen molar-refractivity contribution in [3.63, 3.8) is 0 Å². The van der Waals surface area contributed by atoms with Gasteiger partial charge in [-0.1, -0.05) is 139 Å². The van der Waals surface area contributed by atoms with Crippen LogP contribution in [0.15, 0.2) is 150 Å². The molecule has 0 bridgehead atoms. The van der Waals surface area contributed by atoms with Crippen LogP contribution < -0.4 is 0 Å².